The van der Waals surface area contributed by atoms with Gasteiger partial charge in [-0.15, -0.1) is 10.2 Å². The SMILES string of the molecule is COC(=O)c1nnc(C(=O)N2CCCC2)c2oc3ccc4c(C)cc(=O)oc4c3c12. The second-order valence-electron chi connectivity index (χ2n) is 7.26. The lowest BCUT2D eigenvalue weighted by atomic mass is 10.1. The zero-order valence-electron chi connectivity index (χ0n) is 16.4. The van der Waals surface area contributed by atoms with E-state index in [0.29, 0.717) is 35.0 Å². The van der Waals surface area contributed by atoms with Crippen LogP contribution in [0.3, 0.4) is 0 Å². The molecule has 30 heavy (non-hydrogen) atoms. The molecule has 4 aromatic rings. The van der Waals surface area contributed by atoms with E-state index in [9.17, 15) is 14.4 Å². The maximum absolute atomic E-state index is 13.0. The Kier molecular flexibility index (Phi) is 4.05. The molecule has 0 bridgehead atoms. The summed E-state index contributed by atoms with van der Waals surface area (Å²) >= 11 is 0. The number of esters is 1. The number of carbonyl (C=O) groups is 2. The van der Waals surface area contributed by atoms with Crippen LogP contribution in [-0.2, 0) is 4.74 Å². The van der Waals surface area contributed by atoms with Gasteiger partial charge in [-0.05, 0) is 37.5 Å². The largest absolute Gasteiger partial charge is 0.464 e. The second kappa shape index (κ2) is 6.65. The van der Waals surface area contributed by atoms with Crippen LogP contribution in [0.25, 0.3) is 32.9 Å². The minimum absolute atomic E-state index is 0.0129. The molecule has 1 saturated heterocycles. The van der Waals surface area contributed by atoms with E-state index in [1.165, 1.54) is 13.2 Å². The predicted octanol–water partition coefficient (Wildman–Crippen LogP) is 2.81. The van der Waals surface area contributed by atoms with E-state index in [2.05, 4.69) is 10.2 Å². The number of carbonyl (C=O) groups excluding carboxylic acids is 2. The van der Waals surface area contributed by atoms with Crippen molar-refractivity contribution >= 4 is 44.8 Å². The van der Waals surface area contributed by atoms with Gasteiger partial charge in [-0.2, -0.15) is 0 Å². The summed E-state index contributed by atoms with van der Waals surface area (Å²) in [7, 11) is 1.23. The molecule has 1 aromatic carbocycles. The minimum Gasteiger partial charge on any atom is -0.464 e. The quantitative estimate of drug-likeness (QED) is 0.368. The van der Waals surface area contributed by atoms with Crippen molar-refractivity contribution in [2.75, 3.05) is 20.2 Å². The second-order valence-corrected chi connectivity index (χ2v) is 7.26. The number of ether oxygens (including phenoxy) is 1. The highest BCUT2D eigenvalue weighted by Gasteiger charge is 2.30. The van der Waals surface area contributed by atoms with Gasteiger partial charge in [-0.25, -0.2) is 9.59 Å². The molecule has 9 heteroatoms. The number of aryl methyl sites for hydroxylation is 1. The normalized spacial score (nSPS) is 14.1. The molecule has 5 rings (SSSR count). The summed E-state index contributed by atoms with van der Waals surface area (Å²) in [5.74, 6) is -1.05. The first-order chi connectivity index (χ1) is 14.5. The predicted molar refractivity (Wildman–Crippen MR) is 107 cm³/mol. The fraction of sp³-hybridized carbons (Fsp3) is 0.286. The van der Waals surface area contributed by atoms with E-state index in [-0.39, 0.29) is 33.8 Å². The first kappa shape index (κ1) is 18.3. The third-order valence-electron chi connectivity index (χ3n) is 5.45. The van der Waals surface area contributed by atoms with E-state index in [1.54, 1.807) is 24.0 Å². The Balaban J connectivity index is 1.93. The zero-order valence-corrected chi connectivity index (χ0v) is 16.4. The van der Waals surface area contributed by atoms with Gasteiger partial charge in [0.15, 0.2) is 22.6 Å². The molecule has 0 unspecified atom stereocenters. The van der Waals surface area contributed by atoms with Crippen LogP contribution in [0.5, 0.6) is 0 Å². The maximum Gasteiger partial charge on any atom is 0.359 e. The molecule has 0 radical (unpaired) electrons. The molecule has 1 aliphatic rings. The summed E-state index contributed by atoms with van der Waals surface area (Å²) < 4.78 is 16.3. The van der Waals surface area contributed by atoms with Gasteiger partial charge in [0.2, 0.25) is 0 Å². The van der Waals surface area contributed by atoms with Crippen LogP contribution in [0.15, 0.2) is 31.8 Å². The summed E-state index contributed by atoms with van der Waals surface area (Å²) in [4.78, 5) is 39.2. The number of nitrogens with zero attached hydrogens (tertiary/aromatic N) is 3. The van der Waals surface area contributed by atoms with Gasteiger partial charge < -0.3 is 18.5 Å². The Morgan fingerprint density at radius 1 is 1.03 bits per heavy atom. The minimum atomic E-state index is -0.734. The number of amides is 1. The van der Waals surface area contributed by atoms with Crippen molar-refractivity contribution in [3.63, 3.8) is 0 Å². The highest BCUT2D eigenvalue weighted by molar-refractivity contribution is 6.24. The van der Waals surface area contributed by atoms with Crippen LogP contribution in [0.2, 0.25) is 0 Å². The Bertz CT molecular complexity index is 1410. The molecule has 0 saturated carbocycles. The third-order valence-corrected chi connectivity index (χ3v) is 5.45. The molecule has 1 amide bonds. The number of furan rings is 1. The Morgan fingerprint density at radius 2 is 1.77 bits per heavy atom. The smallest absolute Gasteiger partial charge is 0.359 e. The van der Waals surface area contributed by atoms with Gasteiger partial charge in [-0.1, -0.05) is 0 Å². The van der Waals surface area contributed by atoms with Gasteiger partial charge in [0.25, 0.3) is 5.91 Å². The first-order valence-corrected chi connectivity index (χ1v) is 9.53. The number of hydrogen-bond acceptors (Lipinski definition) is 8. The van der Waals surface area contributed by atoms with Crippen LogP contribution in [0.1, 0.15) is 39.4 Å². The molecule has 0 atom stereocenters. The van der Waals surface area contributed by atoms with Crippen LogP contribution in [0, 0.1) is 6.92 Å². The number of hydrogen-bond donors (Lipinski definition) is 0. The van der Waals surface area contributed by atoms with Gasteiger partial charge >= 0.3 is 11.6 Å². The number of methoxy groups -OCH3 is 1. The monoisotopic (exact) mass is 407 g/mol. The summed E-state index contributed by atoms with van der Waals surface area (Å²) in [5, 5.41) is 9.31. The number of rotatable bonds is 2. The van der Waals surface area contributed by atoms with Crippen LogP contribution in [0.4, 0.5) is 0 Å². The van der Waals surface area contributed by atoms with Gasteiger partial charge in [0, 0.05) is 24.5 Å². The topological polar surface area (TPSA) is 116 Å². The van der Waals surface area contributed by atoms with Crippen molar-refractivity contribution in [1.82, 2.24) is 15.1 Å². The first-order valence-electron chi connectivity index (χ1n) is 9.53. The summed E-state index contributed by atoms with van der Waals surface area (Å²) in [6.45, 7) is 3.03. The van der Waals surface area contributed by atoms with Crippen molar-refractivity contribution in [2.24, 2.45) is 0 Å². The molecule has 9 nitrogen and oxygen atoms in total. The van der Waals surface area contributed by atoms with E-state index in [0.717, 1.165) is 12.8 Å². The average molecular weight is 407 g/mol. The lowest BCUT2D eigenvalue weighted by Gasteiger charge is -2.14. The van der Waals surface area contributed by atoms with Gasteiger partial charge in [-0.3, -0.25) is 4.79 Å². The summed E-state index contributed by atoms with van der Waals surface area (Å²) in [6.07, 6.45) is 1.83. The summed E-state index contributed by atoms with van der Waals surface area (Å²) in [6, 6.07) is 4.86. The lowest BCUT2D eigenvalue weighted by Crippen LogP contribution is -2.29. The van der Waals surface area contributed by atoms with Crippen molar-refractivity contribution in [3.05, 3.63) is 45.6 Å². The standard InChI is InChI=1S/C21H17N3O6/c1-10-9-13(25)30-18-11(10)5-6-12-14(18)15-16(21(27)28-2)22-23-17(19(15)29-12)20(26)24-7-3-4-8-24/h5-6,9H,3-4,7-8H2,1-2H3. The van der Waals surface area contributed by atoms with Crippen molar-refractivity contribution in [1.29, 1.82) is 0 Å². The lowest BCUT2D eigenvalue weighted by molar-refractivity contribution is 0.0594. The molecule has 4 heterocycles. The fourth-order valence-corrected chi connectivity index (χ4v) is 4.00. The van der Waals surface area contributed by atoms with Crippen molar-refractivity contribution < 1.29 is 23.2 Å². The number of benzene rings is 1. The van der Waals surface area contributed by atoms with E-state index in [4.69, 9.17) is 13.6 Å². The molecule has 1 aliphatic heterocycles. The molecule has 0 aliphatic carbocycles. The van der Waals surface area contributed by atoms with E-state index in [1.807, 2.05) is 0 Å². The van der Waals surface area contributed by atoms with Gasteiger partial charge in [0.1, 0.15) is 5.58 Å². The molecule has 1 fully saturated rings. The van der Waals surface area contributed by atoms with Crippen molar-refractivity contribution in [2.45, 2.75) is 19.8 Å². The van der Waals surface area contributed by atoms with E-state index >= 15 is 0 Å². The molecule has 152 valence electrons. The molecule has 3 aromatic heterocycles. The van der Waals surface area contributed by atoms with Crippen molar-refractivity contribution in [3.8, 4) is 0 Å². The fourth-order valence-electron chi connectivity index (χ4n) is 4.00. The summed E-state index contributed by atoms with van der Waals surface area (Å²) in [5.41, 5.74) is 0.814. The van der Waals surface area contributed by atoms with Gasteiger partial charge in [0.05, 0.1) is 17.9 Å². The number of likely N-dealkylation sites (tertiary alicyclic amines) is 1. The Labute approximate surface area is 169 Å². The maximum atomic E-state index is 13.0. The zero-order chi connectivity index (χ0) is 21.0. The average Bonchev–Trinajstić information content (AvgIpc) is 3.40. The molecule has 0 N–H and O–H groups in total. The molecular weight excluding hydrogens is 390 g/mol. The molecule has 0 spiro atoms. The Hall–Kier alpha value is -3.75. The number of aromatic nitrogens is 2. The highest BCUT2D eigenvalue weighted by Crippen LogP contribution is 2.37. The van der Waals surface area contributed by atoms with Crippen LogP contribution in [-0.4, -0.2) is 47.2 Å². The Morgan fingerprint density at radius 3 is 2.50 bits per heavy atom. The van der Waals surface area contributed by atoms with E-state index < -0.39 is 11.6 Å². The highest BCUT2D eigenvalue weighted by atomic mass is 16.5. The van der Waals surface area contributed by atoms with Crippen LogP contribution < -0.4 is 5.63 Å². The molecular formula is C21H17N3O6. The third kappa shape index (κ3) is 2.58. The number of fused-ring (bicyclic) bond motifs is 5. The van der Waals surface area contributed by atoms with Crippen LogP contribution >= 0.6 is 0 Å².